The minimum Gasteiger partial charge on any atom is -0.493 e. The Bertz CT molecular complexity index is 733. The molecule has 0 saturated carbocycles. The van der Waals surface area contributed by atoms with Crippen molar-refractivity contribution in [1.82, 2.24) is 9.21 Å². The van der Waals surface area contributed by atoms with Crippen molar-refractivity contribution in [3.63, 3.8) is 0 Å². The van der Waals surface area contributed by atoms with Crippen LogP contribution in [0.5, 0.6) is 5.75 Å². The Morgan fingerprint density at radius 2 is 2.00 bits per heavy atom. The highest BCUT2D eigenvalue weighted by atomic mass is 35.5. The van der Waals surface area contributed by atoms with Crippen molar-refractivity contribution in [2.75, 3.05) is 39.0 Å². The molecule has 5 nitrogen and oxygen atoms in total. The third kappa shape index (κ3) is 6.09. The summed E-state index contributed by atoms with van der Waals surface area (Å²) in [6.45, 7) is 8.87. The van der Waals surface area contributed by atoms with Crippen LogP contribution in [-0.4, -0.2) is 62.7 Å². The zero-order valence-corrected chi connectivity index (χ0v) is 19.0. The number of ether oxygens (including phenoxy) is 1. The molecule has 1 aromatic carbocycles. The molecular formula is C21H35ClN2O3S. The van der Waals surface area contributed by atoms with Crippen molar-refractivity contribution in [2.24, 2.45) is 5.92 Å². The van der Waals surface area contributed by atoms with E-state index in [1.54, 1.807) is 4.31 Å². The quantitative estimate of drug-likeness (QED) is 0.634. The summed E-state index contributed by atoms with van der Waals surface area (Å²) >= 11 is 0. The van der Waals surface area contributed by atoms with Gasteiger partial charge in [0, 0.05) is 32.1 Å². The van der Waals surface area contributed by atoms with Crippen molar-refractivity contribution >= 4 is 22.4 Å². The normalized spacial score (nSPS) is 19.1. The van der Waals surface area contributed by atoms with Gasteiger partial charge in [0.05, 0.1) is 12.9 Å². The Balaban J connectivity index is 0.00000280. The van der Waals surface area contributed by atoms with Crippen LogP contribution in [0.25, 0.3) is 0 Å². The second-order valence-electron chi connectivity index (χ2n) is 8.19. The molecule has 0 bridgehead atoms. The number of nitrogens with zero attached hydrogens (tertiary/aromatic N) is 2. The van der Waals surface area contributed by atoms with E-state index >= 15 is 0 Å². The predicted molar refractivity (Wildman–Crippen MR) is 117 cm³/mol. The maximum Gasteiger partial charge on any atom is 0.211 e. The predicted octanol–water partition coefficient (Wildman–Crippen LogP) is 3.36. The van der Waals surface area contributed by atoms with Crippen molar-refractivity contribution in [3.8, 4) is 5.75 Å². The molecule has 1 saturated heterocycles. The molecule has 1 fully saturated rings. The zero-order valence-electron chi connectivity index (χ0n) is 17.4. The van der Waals surface area contributed by atoms with E-state index in [2.05, 4.69) is 36.9 Å². The lowest BCUT2D eigenvalue weighted by Gasteiger charge is -2.36. The van der Waals surface area contributed by atoms with Crippen LogP contribution in [-0.2, 0) is 22.9 Å². The summed E-state index contributed by atoms with van der Waals surface area (Å²) in [6, 6.07) is 7.12. The zero-order chi connectivity index (χ0) is 19.4. The van der Waals surface area contributed by atoms with Crippen molar-refractivity contribution in [1.29, 1.82) is 0 Å². The van der Waals surface area contributed by atoms with Gasteiger partial charge < -0.3 is 9.64 Å². The number of hydrogen-bond acceptors (Lipinski definition) is 4. The third-order valence-electron chi connectivity index (χ3n) is 5.95. The van der Waals surface area contributed by atoms with Crippen LogP contribution in [0.15, 0.2) is 18.2 Å². The van der Waals surface area contributed by atoms with Crippen LogP contribution < -0.4 is 4.74 Å². The van der Waals surface area contributed by atoms with Crippen molar-refractivity contribution in [2.45, 2.75) is 52.0 Å². The summed E-state index contributed by atoms with van der Waals surface area (Å²) in [6.07, 6.45) is 6.47. The van der Waals surface area contributed by atoms with Crippen molar-refractivity contribution < 1.29 is 13.2 Å². The lowest BCUT2D eigenvalue weighted by molar-refractivity contribution is 0.146. The first-order chi connectivity index (χ1) is 12.9. The fourth-order valence-electron chi connectivity index (χ4n) is 4.37. The molecule has 0 amide bonds. The monoisotopic (exact) mass is 430 g/mol. The largest absolute Gasteiger partial charge is 0.493 e. The molecule has 0 radical (unpaired) electrons. The van der Waals surface area contributed by atoms with Gasteiger partial charge in [0.1, 0.15) is 5.75 Å². The number of benzene rings is 1. The van der Waals surface area contributed by atoms with E-state index in [9.17, 15) is 8.42 Å². The highest BCUT2D eigenvalue weighted by Crippen LogP contribution is 2.27. The van der Waals surface area contributed by atoms with Crippen molar-refractivity contribution in [3.05, 3.63) is 29.3 Å². The molecule has 2 aliphatic heterocycles. The van der Waals surface area contributed by atoms with Gasteiger partial charge in [-0.25, -0.2) is 12.7 Å². The van der Waals surface area contributed by atoms with Gasteiger partial charge in [-0.15, -0.1) is 12.4 Å². The number of rotatable bonds is 8. The molecule has 2 heterocycles. The number of halogens is 1. The number of piperidine rings is 1. The van der Waals surface area contributed by atoms with Gasteiger partial charge in [0.15, 0.2) is 0 Å². The minimum atomic E-state index is -3.04. The Labute approximate surface area is 176 Å². The fraction of sp³-hybridized carbons (Fsp3) is 0.714. The molecule has 3 rings (SSSR count). The Morgan fingerprint density at radius 1 is 1.29 bits per heavy atom. The minimum absolute atomic E-state index is 0. The molecule has 1 aromatic rings. The van der Waals surface area contributed by atoms with Gasteiger partial charge in [-0.3, -0.25) is 0 Å². The summed E-state index contributed by atoms with van der Waals surface area (Å²) in [5.74, 6) is 1.64. The highest BCUT2D eigenvalue weighted by molar-refractivity contribution is 7.88. The molecular weight excluding hydrogens is 396 g/mol. The first kappa shape index (κ1) is 23.5. The van der Waals surface area contributed by atoms with E-state index in [0.717, 1.165) is 57.6 Å². The molecule has 1 unspecified atom stereocenters. The van der Waals surface area contributed by atoms with Crippen LogP contribution in [0.4, 0.5) is 0 Å². The number of fused-ring (bicyclic) bond motifs is 1. The van der Waals surface area contributed by atoms with Crippen LogP contribution >= 0.6 is 12.4 Å². The second-order valence-corrected chi connectivity index (χ2v) is 10.2. The average molecular weight is 431 g/mol. The van der Waals surface area contributed by atoms with E-state index in [1.807, 2.05) is 0 Å². The maximum atomic E-state index is 11.7. The topological polar surface area (TPSA) is 49.9 Å². The maximum absolute atomic E-state index is 11.7. The van der Waals surface area contributed by atoms with E-state index in [-0.39, 0.29) is 12.4 Å². The standard InChI is InChI=1S/C21H34N2O3S.ClH/c1-4-10-22(16-18-7-11-23(12-8-18)27(3,24)25)17(2)14-19-5-6-21-20(15-19)9-13-26-21;/h5-6,15,17-18H,4,7-14,16H2,1-3H3;1H. The Morgan fingerprint density at radius 3 is 2.64 bits per heavy atom. The molecule has 7 heteroatoms. The first-order valence-electron chi connectivity index (χ1n) is 10.3. The second kappa shape index (κ2) is 10.3. The van der Waals surface area contributed by atoms with E-state index in [1.165, 1.54) is 17.4 Å². The van der Waals surface area contributed by atoms with E-state index < -0.39 is 10.0 Å². The summed E-state index contributed by atoms with van der Waals surface area (Å²) < 4.78 is 30.7. The number of hydrogen-bond donors (Lipinski definition) is 0. The molecule has 1 atom stereocenters. The van der Waals surface area contributed by atoms with Crippen LogP contribution in [0, 0.1) is 5.92 Å². The molecule has 0 aliphatic carbocycles. The van der Waals surface area contributed by atoms with Gasteiger partial charge >= 0.3 is 0 Å². The summed E-state index contributed by atoms with van der Waals surface area (Å²) in [7, 11) is -3.04. The van der Waals surface area contributed by atoms with Gasteiger partial charge in [-0.2, -0.15) is 0 Å². The summed E-state index contributed by atoms with van der Waals surface area (Å²) in [5, 5.41) is 0. The van der Waals surface area contributed by atoms with Gasteiger partial charge in [-0.1, -0.05) is 19.1 Å². The van der Waals surface area contributed by atoms with E-state index in [0.29, 0.717) is 25.0 Å². The lowest BCUT2D eigenvalue weighted by Crippen LogP contribution is -2.44. The SMILES string of the molecule is CCCN(CC1CCN(S(C)(=O)=O)CC1)C(C)Cc1ccc2c(c1)CCO2.Cl. The van der Waals surface area contributed by atoms with Crippen LogP contribution in [0.3, 0.4) is 0 Å². The first-order valence-corrected chi connectivity index (χ1v) is 12.2. The molecule has 160 valence electrons. The molecule has 0 spiro atoms. The van der Waals surface area contributed by atoms with Crippen LogP contribution in [0.1, 0.15) is 44.2 Å². The summed E-state index contributed by atoms with van der Waals surface area (Å²) in [4.78, 5) is 2.60. The van der Waals surface area contributed by atoms with E-state index in [4.69, 9.17) is 4.74 Å². The number of sulfonamides is 1. The Hall–Kier alpha value is -0.820. The molecule has 0 N–H and O–H groups in total. The smallest absolute Gasteiger partial charge is 0.211 e. The van der Waals surface area contributed by atoms with Crippen LogP contribution in [0.2, 0.25) is 0 Å². The highest BCUT2D eigenvalue weighted by Gasteiger charge is 2.27. The summed E-state index contributed by atoms with van der Waals surface area (Å²) in [5.41, 5.74) is 2.73. The lowest BCUT2D eigenvalue weighted by atomic mass is 9.95. The molecule has 28 heavy (non-hydrogen) atoms. The average Bonchev–Trinajstić information content (AvgIpc) is 3.09. The van der Waals surface area contributed by atoms with Gasteiger partial charge in [0.2, 0.25) is 10.0 Å². The van der Waals surface area contributed by atoms with Gasteiger partial charge in [-0.05, 0) is 62.3 Å². The Kier molecular flexibility index (Phi) is 8.61. The molecule has 0 aromatic heterocycles. The molecule has 2 aliphatic rings. The third-order valence-corrected chi connectivity index (χ3v) is 7.26. The fourth-order valence-corrected chi connectivity index (χ4v) is 5.25. The van der Waals surface area contributed by atoms with Gasteiger partial charge in [0.25, 0.3) is 0 Å².